The maximum absolute atomic E-state index is 11.7. The Labute approximate surface area is 113 Å². The second-order valence-electron chi connectivity index (χ2n) is 4.53. The Morgan fingerprint density at radius 1 is 1.42 bits per heavy atom. The predicted octanol–water partition coefficient (Wildman–Crippen LogP) is 0.900. The molecule has 0 saturated heterocycles. The van der Waals surface area contributed by atoms with Gasteiger partial charge in [-0.2, -0.15) is 0 Å². The molecule has 0 heterocycles. The number of benzene rings is 1. The van der Waals surface area contributed by atoms with Gasteiger partial charge in [-0.05, 0) is 24.6 Å². The Morgan fingerprint density at radius 2 is 2.05 bits per heavy atom. The van der Waals surface area contributed by atoms with E-state index in [2.05, 4.69) is 10.0 Å². The van der Waals surface area contributed by atoms with Crippen LogP contribution in [0.15, 0.2) is 18.2 Å². The molecule has 0 saturated carbocycles. The molecule has 4 N–H and O–H groups in total. The van der Waals surface area contributed by atoms with Crippen LogP contribution in [0.3, 0.4) is 0 Å². The van der Waals surface area contributed by atoms with Crippen LogP contribution in [-0.2, 0) is 14.8 Å². The van der Waals surface area contributed by atoms with Gasteiger partial charge in [-0.15, -0.1) is 0 Å². The summed E-state index contributed by atoms with van der Waals surface area (Å²) in [6, 6.07) is 5.03. The second-order valence-corrected chi connectivity index (χ2v) is 6.28. The van der Waals surface area contributed by atoms with Crippen LogP contribution in [0.5, 0.6) is 0 Å². The summed E-state index contributed by atoms with van der Waals surface area (Å²) >= 11 is 0. The van der Waals surface area contributed by atoms with Gasteiger partial charge in [0.2, 0.25) is 15.9 Å². The quantitative estimate of drug-likeness (QED) is 0.748. The van der Waals surface area contributed by atoms with Crippen molar-refractivity contribution in [1.29, 1.82) is 0 Å². The standard InChI is InChI=1S/C12H19N3O3S/c1-8-4-5-10(14-12(16)9(2)7-13)6-11(8)15-19(3,17)18/h4-6,9,15H,7,13H2,1-3H3,(H,14,16). The molecule has 0 fully saturated rings. The first-order valence-electron chi connectivity index (χ1n) is 5.82. The topological polar surface area (TPSA) is 101 Å². The number of aryl methyl sites for hydroxylation is 1. The fourth-order valence-corrected chi connectivity index (χ4v) is 2.00. The molecular formula is C12H19N3O3S. The summed E-state index contributed by atoms with van der Waals surface area (Å²) in [5.74, 6) is -0.496. The van der Waals surface area contributed by atoms with Crippen molar-refractivity contribution < 1.29 is 13.2 Å². The Bertz CT molecular complexity index is 570. The summed E-state index contributed by atoms with van der Waals surface area (Å²) in [4.78, 5) is 11.7. The molecule has 7 heteroatoms. The number of sulfonamides is 1. The van der Waals surface area contributed by atoms with Gasteiger partial charge in [0.1, 0.15) is 0 Å². The van der Waals surface area contributed by atoms with Crippen molar-refractivity contribution in [2.45, 2.75) is 13.8 Å². The highest BCUT2D eigenvalue weighted by atomic mass is 32.2. The Kier molecular flexibility index (Phi) is 4.90. The first-order chi connectivity index (χ1) is 8.73. The van der Waals surface area contributed by atoms with Gasteiger partial charge in [0.25, 0.3) is 0 Å². The van der Waals surface area contributed by atoms with Crippen LogP contribution in [-0.4, -0.2) is 27.1 Å². The predicted molar refractivity (Wildman–Crippen MR) is 76.5 cm³/mol. The first-order valence-corrected chi connectivity index (χ1v) is 7.71. The average molecular weight is 285 g/mol. The molecule has 0 aliphatic rings. The molecule has 0 aliphatic heterocycles. The van der Waals surface area contributed by atoms with E-state index >= 15 is 0 Å². The molecule has 0 spiro atoms. The van der Waals surface area contributed by atoms with Gasteiger partial charge in [0, 0.05) is 18.2 Å². The van der Waals surface area contributed by atoms with E-state index in [1.807, 2.05) is 0 Å². The number of carbonyl (C=O) groups is 1. The fraction of sp³-hybridized carbons (Fsp3) is 0.417. The Hall–Kier alpha value is -1.60. The van der Waals surface area contributed by atoms with Crippen LogP contribution in [0, 0.1) is 12.8 Å². The van der Waals surface area contributed by atoms with Crippen LogP contribution in [0.25, 0.3) is 0 Å². The molecule has 1 unspecified atom stereocenters. The smallest absolute Gasteiger partial charge is 0.229 e. The third-order valence-electron chi connectivity index (χ3n) is 2.60. The molecular weight excluding hydrogens is 266 g/mol. The minimum Gasteiger partial charge on any atom is -0.330 e. The zero-order chi connectivity index (χ0) is 14.6. The molecule has 6 nitrogen and oxygen atoms in total. The van der Waals surface area contributed by atoms with Crippen molar-refractivity contribution in [1.82, 2.24) is 0 Å². The zero-order valence-corrected chi connectivity index (χ0v) is 12.0. The molecule has 1 rings (SSSR count). The normalized spacial score (nSPS) is 12.8. The van der Waals surface area contributed by atoms with Crippen molar-refractivity contribution in [3.63, 3.8) is 0 Å². The summed E-state index contributed by atoms with van der Waals surface area (Å²) in [6.45, 7) is 3.76. The maximum Gasteiger partial charge on any atom is 0.229 e. The van der Waals surface area contributed by atoms with E-state index in [0.717, 1.165) is 11.8 Å². The van der Waals surface area contributed by atoms with Gasteiger partial charge in [0.05, 0.1) is 11.9 Å². The van der Waals surface area contributed by atoms with Gasteiger partial charge in [-0.25, -0.2) is 8.42 Å². The number of hydrogen-bond acceptors (Lipinski definition) is 4. The van der Waals surface area contributed by atoms with Gasteiger partial charge in [-0.3, -0.25) is 9.52 Å². The summed E-state index contributed by atoms with van der Waals surface area (Å²) in [5, 5.41) is 2.69. The number of nitrogens with two attached hydrogens (primary N) is 1. The minimum absolute atomic E-state index is 0.198. The SMILES string of the molecule is Cc1ccc(NC(=O)C(C)CN)cc1NS(C)(=O)=O. The Morgan fingerprint density at radius 3 is 2.58 bits per heavy atom. The molecule has 1 atom stereocenters. The van der Waals surface area contributed by atoms with E-state index in [1.165, 1.54) is 0 Å². The average Bonchev–Trinajstić information content (AvgIpc) is 2.30. The highest BCUT2D eigenvalue weighted by Gasteiger charge is 2.12. The van der Waals surface area contributed by atoms with Crippen molar-refractivity contribution in [3.8, 4) is 0 Å². The van der Waals surface area contributed by atoms with Crippen molar-refractivity contribution in [2.75, 3.05) is 22.8 Å². The van der Waals surface area contributed by atoms with Crippen LogP contribution < -0.4 is 15.8 Å². The van der Waals surface area contributed by atoms with E-state index in [-0.39, 0.29) is 18.4 Å². The van der Waals surface area contributed by atoms with E-state index in [9.17, 15) is 13.2 Å². The number of rotatable bonds is 5. The molecule has 1 aromatic rings. The third kappa shape index (κ3) is 4.88. The van der Waals surface area contributed by atoms with Crippen LogP contribution in [0.4, 0.5) is 11.4 Å². The largest absolute Gasteiger partial charge is 0.330 e. The summed E-state index contributed by atoms with van der Waals surface area (Å²) < 4.78 is 24.9. The van der Waals surface area contributed by atoms with Crippen LogP contribution in [0.2, 0.25) is 0 Å². The molecule has 0 bridgehead atoms. The second kappa shape index (κ2) is 6.03. The lowest BCUT2D eigenvalue weighted by Crippen LogP contribution is -2.26. The molecule has 106 valence electrons. The van der Waals surface area contributed by atoms with Gasteiger partial charge >= 0.3 is 0 Å². The third-order valence-corrected chi connectivity index (χ3v) is 3.19. The van der Waals surface area contributed by atoms with Crippen LogP contribution >= 0.6 is 0 Å². The number of hydrogen-bond donors (Lipinski definition) is 3. The number of nitrogens with one attached hydrogen (secondary N) is 2. The first kappa shape index (κ1) is 15.5. The van der Waals surface area contributed by atoms with Crippen molar-refractivity contribution in [3.05, 3.63) is 23.8 Å². The monoisotopic (exact) mass is 285 g/mol. The minimum atomic E-state index is -3.35. The molecule has 1 amide bonds. The summed E-state index contributed by atoms with van der Waals surface area (Å²) in [7, 11) is -3.35. The van der Waals surface area contributed by atoms with Crippen molar-refractivity contribution >= 4 is 27.3 Å². The summed E-state index contributed by atoms with van der Waals surface area (Å²) in [6.07, 6.45) is 1.08. The number of anilines is 2. The fourth-order valence-electron chi connectivity index (χ4n) is 1.38. The number of amides is 1. The van der Waals surface area contributed by atoms with E-state index in [4.69, 9.17) is 5.73 Å². The zero-order valence-electron chi connectivity index (χ0n) is 11.2. The Balaban J connectivity index is 2.93. The lowest BCUT2D eigenvalue weighted by Gasteiger charge is -2.13. The van der Waals surface area contributed by atoms with Crippen molar-refractivity contribution in [2.24, 2.45) is 11.7 Å². The van der Waals surface area contributed by atoms with E-state index in [0.29, 0.717) is 11.4 Å². The number of carbonyl (C=O) groups excluding carboxylic acids is 1. The molecule has 0 aromatic heterocycles. The van der Waals surface area contributed by atoms with E-state index in [1.54, 1.807) is 32.0 Å². The van der Waals surface area contributed by atoms with Gasteiger partial charge in [-0.1, -0.05) is 13.0 Å². The van der Waals surface area contributed by atoms with Crippen LogP contribution in [0.1, 0.15) is 12.5 Å². The summed E-state index contributed by atoms with van der Waals surface area (Å²) in [5.41, 5.74) is 7.16. The lowest BCUT2D eigenvalue weighted by atomic mass is 10.1. The van der Waals surface area contributed by atoms with E-state index < -0.39 is 10.0 Å². The molecule has 1 aromatic carbocycles. The highest BCUT2D eigenvalue weighted by Crippen LogP contribution is 2.21. The van der Waals surface area contributed by atoms with Gasteiger partial charge in [0.15, 0.2) is 0 Å². The lowest BCUT2D eigenvalue weighted by molar-refractivity contribution is -0.119. The van der Waals surface area contributed by atoms with Gasteiger partial charge < -0.3 is 11.1 Å². The molecule has 0 radical (unpaired) electrons. The highest BCUT2D eigenvalue weighted by molar-refractivity contribution is 7.92. The maximum atomic E-state index is 11.7. The molecule has 0 aliphatic carbocycles. The molecule has 19 heavy (non-hydrogen) atoms.